The highest BCUT2D eigenvalue weighted by Crippen LogP contribution is 2.26. The van der Waals surface area contributed by atoms with Gasteiger partial charge in [-0.25, -0.2) is 8.78 Å². The summed E-state index contributed by atoms with van der Waals surface area (Å²) in [6, 6.07) is 7.41. The van der Waals surface area contributed by atoms with E-state index in [1.165, 1.54) is 12.1 Å². The van der Waals surface area contributed by atoms with Gasteiger partial charge >= 0.3 is 0 Å². The number of benzene rings is 1. The molecule has 2 N–H and O–H groups in total. The lowest BCUT2D eigenvalue weighted by Gasteiger charge is -2.07. The molecule has 0 saturated heterocycles. The van der Waals surface area contributed by atoms with E-state index < -0.39 is 11.6 Å². The van der Waals surface area contributed by atoms with Gasteiger partial charge < -0.3 is 5.32 Å². The van der Waals surface area contributed by atoms with Gasteiger partial charge in [-0.2, -0.15) is 5.10 Å². The first kappa shape index (κ1) is 12.8. The third-order valence-electron chi connectivity index (χ3n) is 2.89. The molecule has 0 aliphatic carbocycles. The lowest BCUT2D eigenvalue weighted by molar-refractivity contribution is 0.585. The second-order valence-electron chi connectivity index (χ2n) is 4.23. The van der Waals surface area contributed by atoms with Crippen LogP contribution in [0.25, 0.3) is 10.6 Å². The van der Waals surface area contributed by atoms with Gasteiger partial charge in [0, 0.05) is 18.2 Å². The van der Waals surface area contributed by atoms with Crippen LogP contribution in [0, 0.1) is 11.6 Å². The summed E-state index contributed by atoms with van der Waals surface area (Å²) >= 11 is 1.60. The summed E-state index contributed by atoms with van der Waals surface area (Å²) in [4.78, 5) is 1.07. The molecule has 3 aromatic rings. The molecule has 2 aromatic heterocycles. The summed E-state index contributed by atoms with van der Waals surface area (Å²) in [5.74, 6) is -1.19. The largest absolute Gasteiger partial charge is 0.378 e. The van der Waals surface area contributed by atoms with Crippen molar-refractivity contribution in [3.05, 3.63) is 59.1 Å². The van der Waals surface area contributed by atoms with Gasteiger partial charge in [0.1, 0.15) is 11.6 Å². The summed E-state index contributed by atoms with van der Waals surface area (Å²) < 4.78 is 26.4. The van der Waals surface area contributed by atoms with E-state index >= 15 is 0 Å². The van der Waals surface area contributed by atoms with Crippen molar-refractivity contribution in [1.82, 2.24) is 10.2 Å². The predicted octanol–water partition coefficient (Wildman–Crippen LogP) is 4.03. The number of nitrogens with one attached hydrogen (secondary N) is 2. The van der Waals surface area contributed by atoms with Crippen LogP contribution in [0.4, 0.5) is 14.5 Å². The Balaban J connectivity index is 1.78. The number of rotatable bonds is 4. The minimum Gasteiger partial charge on any atom is -0.378 e. The first-order valence-corrected chi connectivity index (χ1v) is 6.87. The van der Waals surface area contributed by atoms with E-state index in [9.17, 15) is 8.78 Å². The zero-order valence-electron chi connectivity index (χ0n) is 10.4. The lowest BCUT2D eigenvalue weighted by atomic mass is 10.2. The average molecular weight is 291 g/mol. The molecular formula is C14H11F2N3S. The molecule has 0 aliphatic rings. The monoisotopic (exact) mass is 291 g/mol. The minimum atomic E-state index is -0.605. The number of anilines is 1. The van der Waals surface area contributed by atoms with Crippen molar-refractivity contribution in [3.8, 4) is 10.6 Å². The topological polar surface area (TPSA) is 40.7 Å². The number of aromatic nitrogens is 2. The summed E-state index contributed by atoms with van der Waals surface area (Å²) in [6.45, 7) is 0.409. The normalized spacial score (nSPS) is 10.7. The Morgan fingerprint density at radius 3 is 2.90 bits per heavy atom. The molecule has 3 rings (SSSR count). The van der Waals surface area contributed by atoms with E-state index in [2.05, 4.69) is 15.5 Å². The number of H-pyrrole nitrogens is 1. The second-order valence-corrected chi connectivity index (χ2v) is 5.17. The van der Waals surface area contributed by atoms with E-state index in [-0.39, 0.29) is 5.69 Å². The molecule has 20 heavy (non-hydrogen) atoms. The molecule has 0 aliphatic heterocycles. The number of hydrogen-bond donors (Lipinski definition) is 2. The Morgan fingerprint density at radius 2 is 2.15 bits per heavy atom. The molecule has 0 saturated carbocycles. The van der Waals surface area contributed by atoms with Gasteiger partial charge in [0.25, 0.3) is 0 Å². The maximum absolute atomic E-state index is 13.5. The molecule has 0 bridgehead atoms. The molecule has 6 heteroatoms. The molecular weight excluding hydrogens is 280 g/mol. The van der Waals surface area contributed by atoms with Gasteiger partial charge in [-0.15, -0.1) is 11.3 Å². The lowest BCUT2D eigenvalue weighted by Crippen LogP contribution is -2.02. The molecule has 1 aromatic carbocycles. The van der Waals surface area contributed by atoms with Crippen molar-refractivity contribution in [2.45, 2.75) is 6.54 Å². The Labute approximate surface area is 118 Å². The van der Waals surface area contributed by atoms with Crippen LogP contribution in [0.15, 0.2) is 41.9 Å². The van der Waals surface area contributed by atoms with Crippen LogP contribution in [0.3, 0.4) is 0 Å². The van der Waals surface area contributed by atoms with E-state index in [4.69, 9.17) is 0 Å². The van der Waals surface area contributed by atoms with Crippen molar-refractivity contribution >= 4 is 17.0 Å². The Morgan fingerprint density at radius 1 is 1.25 bits per heavy atom. The van der Waals surface area contributed by atoms with E-state index in [0.717, 1.165) is 22.2 Å². The molecule has 0 amide bonds. The van der Waals surface area contributed by atoms with Gasteiger partial charge in [-0.1, -0.05) is 6.07 Å². The zero-order valence-corrected chi connectivity index (χ0v) is 11.2. The molecule has 0 fully saturated rings. The summed E-state index contributed by atoms with van der Waals surface area (Å²) in [7, 11) is 0. The maximum Gasteiger partial charge on any atom is 0.149 e. The molecule has 3 nitrogen and oxygen atoms in total. The number of nitrogens with zero attached hydrogens (tertiary/aromatic N) is 1. The minimum absolute atomic E-state index is 0.268. The smallest absolute Gasteiger partial charge is 0.149 e. The summed E-state index contributed by atoms with van der Waals surface area (Å²) in [5.41, 5.74) is 2.11. The number of hydrogen-bond acceptors (Lipinski definition) is 3. The van der Waals surface area contributed by atoms with Gasteiger partial charge in [0.15, 0.2) is 0 Å². The molecule has 2 heterocycles. The number of thiophene rings is 1. The van der Waals surface area contributed by atoms with E-state index in [1.54, 1.807) is 17.5 Å². The average Bonchev–Trinajstić information content (AvgIpc) is 3.08. The standard InChI is InChI=1S/C14H11F2N3S/c15-10-3-4-12(11(16)6-10)17-7-9-8-18-19-14(9)13-2-1-5-20-13/h1-6,8,17H,7H2,(H,18,19). The molecule has 0 unspecified atom stereocenters. The van der Waals surface area contributed by atoms with Gasteiger partial charge in [-0.3, -0.25) is 5.10 Å². The van der Waals surface area contributed by atoms with Crippen LogP contribution >= 0.6 is 11.3 Å². The highest BCUT2D eigenvalue weighted by molar-refractivity contribution is 7.13. The summed E-state index contributed by atoms with van der Waals surface area (Å²) in [5, 5.41) is 11.9. The highest BCUT2D eigenvalue weighted by Gasteiger charge is 2.09. The molecule has 0 radical (unpaired) electrons. The first-order valence-electron chi connectivity index (χ1n) is 5.99. The first-order chi connectivity index (χ1) is 9.74. The van der Waals surface area contributed by atoms with E-state index in [0.29, 0.717) is 6.54 Å². The van der Waals surface area contributed by atoms with Crippen LogP contribution in [0.1, 0.15) is 5.56 Å². The van der Waals surface area contributed by atoms with Crippen LogP contribution in [-0.4, -0.2) is 10.2 Å². The van der Waals surface area contributed by atoms with Crippen molar-refractivity contribution < 1.29 is 8.78 Å². The fraction of sp³-hybridized carbons (Fsp3) is 0.0714. The van der Waals surface area contributed by atoms with Crippen molar-refractivity contribution in [3.63, 3.8) is 0 Å². The quantitative estimate of drug-likeness (QED) is 0.762. The zero-order chi connectivity index (χ0) is 13.9. The molecule has 0 atom stereocenters. The Hall–Kier alpha value is -2.21. The number of aromatic amines is 1. The molecule has 0 spiro atoms. The van der Waals surface area contributed by atoms with Crippen LogP contribution in [-0.2, 0) is 6.54 Å². The van der Waals surface area contributed by atoms with Crippen LogP contribution in [0.5, 0.6) is 0 Å². The van der Waals surface area contributed by atoms with Crippen molar-refractivity contribution in [2.75, 3.05) is 5.32 Å². The molecule has 102 valence electrons. The SMILES string of the molecule is Fc1ccc(NCc2cn[nH]c2-c2cccs2)c(F)c1. The van der Waals surface area contributed by atoms with Crippen molar-refractivity contribution in [1.29, 1.82) is 0 Å². The predicted molar refractivity (Wildman–Crippen MR) is 75.6 cm³/mol. The Bertz CT molecular complexity index is 707. The van der Waals surface area contributed by atoms with Gasteiger partial charge in [-0.05, 0) is 23.6 Å². The van der Waals surface area contributed by atoms with E-state index in [1.807, 2.05) is 17.5 Å². The number of halogens is 2. The second kappa shape index (κ2) is 5.42. The third-order valence-corrected chi connectivity index (χ3v) is 3.77. The third kappa shape index (κ3) is 2.55. The summed E-state index contributed by atoms with van der Waals surface area (Å²) in [6.07, 6.45) is 1.70. The fourth-order valence-corrected chi connectivity index (χ4v) is 2.66. The highest BCUT2D eigenvalue weighted by atomic mass is 32.1. The van der Waals surface area contributed by atoms with Gasteiger partial charge in [0.2, 0.25) is 0 Å². The van der Waals surface area contributed by atoms with Crippen molar-refractivity contribution in [2.24, 2.45) is 0 Å². The Kier molecular flexibility index (Phi) is 3.47. The van der Waals surface area contributed by atoms with Crippen LogP contribution < -0.4 is 5.32 Å². The van der Waals surface area contributed by atoms with Gasteiger partial charge in [0.05, 0.1) is 22.5 Å². The van der Waals surface area contributed by atoms with Crippen LogP contribution in [0.2, 0.25) is 0 Å². The fourth-order valence-electron chi connectivity index (χ4n) is 1.90. The maximum atomic E-state index is 13.5.